The van der Waals surface area contributed by atoms with Crippen molar-refractivity contribution in [2.24, 2.45) is 13.0 Å². The van der Waals surface area contributed by atoms with Crippen LogP contribution in [-0.4, -0.2) is 59.7 Å². The van der Waals surface area contributed by atoms with Gasteiger partial charge in [0.25, 0.3) is 17.9 Å². The predicted molar refractivity (Wildman–Crippen MR) is 204 cm³/mol. The molecule has 14 nitrogen and oxygen atoms in total. The fourth-order valence-corrected chi connectivity index (χ4v) is 8.63. The van der Waals surface area contributed by atoms with Gasteiger partial charge in [-0.3, -0.25) is 28.2 Å². The molecule has 0 aliphatic heterocycles. The summed E-state index contributed by atoms with van der Waals surface area (Å²) in [4.78, 5) is 42.3. The molecule has 1 saturated carbocycles. The number of alkyl halides is 4. The van der Waals surface area contributed by atoms with Crippen molar-refractivity contribution in [3.8, 4) is 17.1 Å². The fourth-order valence-electron chi connectivity index (χ4n) is 8.13. The Morgan fingerprint density at radius 3 is 2.42 bits per heavy atom. The molecule has 0 spiro atoms. The second kappa shape index (κ2) is 14.0. The minimum atomic E-state index is -3.84. The monoisotopic (exact) mass is 848 g/mol. The van der Waals surface area contributed by atoms with Crippen LogP contribution in [0.15, 0.2) is 77.9 Å². The molecule has 0 saturated heterocycles. The second-order valence-corrected chi connectivity index (χ2v) is 16.5. The van der Waals surface area contributed by atoms with Crippen LogP contribution >= 0.6 is 0 Å². The maximum absolute atomic E-state index is 15.5. The van der Waals surface area contributed by atoms with Gasteiger partial charge in [0.15, 0.2) is 11.6 Å². The van der Waals surface area contributed by atoms with E-state index in [1.807, 2.05) is 0 Å². The molecule has 3 atom stereocenters. The second-order valence-electron chi connectivity index (χ2n) is 14.7. The van der Waals surface area contributed by atoms with Gasteiger partial charge in [0.2, 0.25) is 15.9 Å². The zero-order valence-electron chi connectivity index (χ0n) is 31.2. The predicted octanol–water partition coefficient (Wildman–Crippen LogP) is 5.82. The molecule has 1 amide bonds. The number of halogens is 6. The zero-order chi connectivity index (χ0) is 42.4. The molecule has 21 heteroatoms. The van der Waals surface area contributed by atoms with Crippen LogP contribution < -0.4 is 15.6 Å². The van der Waals surface area contributed by atoms with Gasteiger partial charge >= 0.3 is 0 Å². The number of benzene rings is 3. The molecule has 0 radical (unpaired) electrons. The summed E-state index contributed by atoms with van der Waals surface area (Å²) in [6.07, 6.45) is 0.308. The number of carbonyl (C=O) groups is 1. The number of aryl methyl sites for hydroxylation is 1. The summed E-state index contributed by atoms with van der Waals surface area (Å²) >= 11 is 0. The molecule has 2 aliphatic rings. The summed E-state index contributed by atoms with van der Waals surface area (Å²) in [6.45, 7) is -0.969. The quantitative estimate of drug-likeness (QED) is 0.152. The molecular formula is C39H30F6N10O4S. The minimum Gasteiger partial charge on any atom is -0.344 e. The van der Waals surface area contributed by atoms with E-state index in [0.29, 0.717) is 16.3 Å². The van der Waals surface area contributed by atoms with Gasteiger partial charge in [-0.15, -0.1) is 0 Å². The Bertz CT molecular complexity index is 3060. The largest absolute Gasteiger partial charge is 0.344 e. The highest BCUT2D eigenvalue weighted by Crippen LogP contribution is 2.68. The Morgan fingerprint density at radius 1 is 0.983 bits per heavy atom. The summed E-state index contributed by atoms with van der Waals surface area (Å²) in [5, 5.41) is 11.0. The van der Waals surface area contributed by atoms with E-state index < -0.39 is 87.7 Å². The van der Waals surface area contributed by atoms with E-state index in [1.54, 1.807) is 18.2 Å². The Morgan fingerprint density at radius 2 is 1.72 bits per heavy atom. The summed E-state index contributed by atoms with van der Waals surface area (Å²) in [5.41, 5.74) is -1.81. The molecule has 0 bridgehead atoms. The molecule has 308 valence electrons. The van der Waals surface area contributed by atoms with E-state index in [4.69, 9.17) is 4.98 Å². The summed E-state index contributed by atoms with van der Waals surface area (Å²) in [5.74, 6) is -8.55. The first-order valence-corrected chi connectivity index (χ1v) is 20.2. The van der Waals surface area contributed by atoms with Crippen LogP contribution in [0.1, 0.15) is 53.1 Å². The minimum absolute atomic E-state index is 0.00236. The third-order valence-electron chi connectivity index (χ3n) is 10.6. The Labute approximate surface area is 335 Å². The molecule has 2 N–H and O–H groups in total. The van der Waals surface area contributed by atoms with Gasteiger partial charge in [0.05, 0.1) is 34.4 Å². The maximum atomic E-state index is 15.5. The number of fused-ring (bicyclic) bond motifs is 5. The van der Waals surface area contributed by atoms with Crippen LogP contribution in [0, 0.1) is 17.6 Å². The Hall–Kier alpha value is -6.64. The van der Waals surface area contributed by atoms with Crippen LogP contribution in [0.2, 0.25) is 0 Å². The number of nitrogens with zero attached hydrogens (tertiary/aromatic N) is 8. The first kappa shape index (κ1) is 38.9. The molecule has 0 unspecified atom stereocenters. The number of rotatable bonds is 11. The third kappa shape index (κ3) is 6.71. The van der Waals surface area contributed by atoms with Crippen molar-refractivity contribution in [2.75, 3.05) is 11.0 Å². The Kier molecular flexibility index (Phi) is 9.06. The van der Waals surface area contributed by atoms with E-state index in [9.17, 15) is 35.6 Å². The van der Waals surface area contributed by atoms with Gasteiger partial charge in [0, 0.05) is 54.4 Å². The van der Waals surface area contributed by atoms with Gasteiger partial charge < -0.3 is 5.32 Å². The van der Waals surface area contributed by atoms with E-state index in [0.717, 1.165) is 23.0 Å². The van der Waals surface area contributed by atoms with Crippen molar-refractivity contribution >= 4 is 43.6 Å². The molecule has 9 rings (SSSR count). The highest BCUT2D eigenvalue weighted by atomic mass is 32.2. The van der Waals surface area contributed by atoms with Crippen LogP contribution in [-0.2, 0) is 40.8 Å². The standard InChI is InChI=1S/C39H30F6N10O4S/c1-53-32-23(36(51-53)52-60(2,58)59)5-3-6-28(32)55-37(49-26-14-19(7-8-22(26)38(55)57)35-46-9-4-10-47-35)27(13-18-11-20(40)15-21(41)12-18)48-29(56)17-54-33-30(31(50-54)34(42)43)24-16-25(24)39(33,44)45/h3-12,14-15,24-25,27,34H,13,16-17H2,1-2H3,(H,48,56)(H,51,52)/t24-,25+,27+/m1/s1. The molecule has 4 aromatic heterocycles. The average Bonchev–Trinajstić information content (AvgIpc) is 3.73. The number of carbonyl (C=O) groups excluding carboxylic acids is 1. The van der Waals surface area contributed by atoms with E-state index >= 15 is 8.78 Å². The van der Waals surface area contributed by atoms with Crippen molar-refractivity contribution in [1.29, 1.82) is 0 Å². The number of nitrogens with one attached hydrogen (secondary N) is 2. The van der Waals surface area contributed by atoms with Crippen LogP contribution in [0.25, 0.3) is 38.9 Å². The number of anilines is 1. The van der Waals surface area contributed by atoms with Crippen molar-refractivity contribution in [2.45, 2.75) is 43.7 Å². The number of aromatic nitrogens is 8. The lowest BCUT2D eigenvalue weighted by atomic mass is 10.0. The fraction of sp³-hybridized carbons (Fsp3) is 0.256. The number of amides is 1. The smallest absolute Gasteiger partial charge is 0.293 e. The van der Waals surface area contributed by atoms with Gasteiger partial charge in [-0.05, 0) is 60.4 Å². The summed E-state index contributed by atoms with van der Waals surface area (Å²) < 4.78 is 118. The number of para-hydroxylation sites is 1. The number of hydrogen-bond donors (Lipinski definition) is 2. The molecule has 7 aromatic rings. The normalized spacial score (nSPS) is 17.2. The van der Waals surface area contributed by atoms with E-state index in [-0.39, 0.29) is 62.5 Å². The van der Waals surface area contributed by atoms with Crippen molar-refractivity contribution < 1.29 is 39.6 Å². The lowest BCUT2D eigenvalue weighted by molar-refractivity contribution is -0.123. The number of hydrogen-bond acceptors (Lipinski definition) is 9. The maximum Gasteiger partial charge on any atom is 0.293 e. The van der Waals surface area contributed by atoms with E-state index in [1.165, 1.54) is 48.4 Å². The molecule has 3 aromatic carbocycles. The third-order valence-corrected chi connectivity index (χ3v) is 11.1. The SMILES string of the molecule is Cn1nc(NS(C)(=O)=O)c2cccc(-n3c([C@H](Cc4cc(F)cc(F)c4)NC(=O)Cn4nc(C(F)F)c5c4C(F)(F)[C@H]4C[C@@H]54)nc4cc(-c5ncccn5)ccc4c3=O)c21. The topological polar surface area (TPSA) is 172 Å². The van der Waals surface area contributed by atoms with Crippen LogP contribution in [0.5, 0.6) is 0 Å². The molecule has 2 aliphatic carbocycles. The van der Waals surface area contributed by atoms with Crippen LogP contribution in [0.4, 0.5) is 32.2 Å². The first-order chi connectivity index (χ1) is 28.5. The lowest BCUT2D eigenvalue weighted by Gasteiger charge is -2.24. The summed E-state index contributed by atoms with van der Waals surface area (Å²) in [7, 11) is -2.34. The zero-order valence-corrected chi connectivity index (χ0v) is 32.1. The molecule has 60 heavy (non-hydrogen) atoms. The van der Waals surface area contributed by atoms with Gasteiger partial charge in [-0.25, -0.2) is 40.9 Å². The molecule has 1 fully saturated rings. The van der Waals surface area contributed by atoms with Crippen LogP contribution in [0.3, 0.4) is 0 Å². The lowest BCUT2D eigenvalue weighted by Crippen LogP contribution is -2.38. The summed E-state index contributed by atoms with van der Waals surface area (Å²) in [6, 6.07) is 11.9. The van der Waals surface area contributed by atoms with Gasteiger partial charge in [0.1, 0.15) is 35.4 Å². The van der Waals surface area contributed by atoms with E-state index in [2.05, 4.69) is 30.2 Å². The van der Waals surface area contributed by atoms with Crippen molar-refractivity contribution in [3.05, 3.63) is 123 Å². The highest BCUT2D eigenvalue weighted by molar-refractivity contribution is 7.92. The number of sulfonamides is 1. The van der Waals surface area contributed by atoms with Gasteiger partial charge in [-0.2, -0.15) is 19.0 Å². The molecule has 4 heterocycles. The first-order valence-electron chi connectivity index (χ1n) is 18.3. The van der Waals surface area contributed by atoms with Crippen molar-refractivity contribution in [3.63, 3.8) is 0 Å². The molecular weight excluding hydrogens is 819 g/mol. The van der Waals surface area contributed by atoms with Crippen molar-refractivity contribution in [1.82, 2.24) is 44.4 Å². The van der Waals surface area contributed by atoms with Gasteiger partial charge in [-0.1, -0.05) is 12.1 Å². The Balaban J connectivity index is 1.24. The average molecular weight is 849 g/mol. The highest BCUT2D eigenvalue weighted by Gasteiger charge is 2.67.